The van der Waals surface area contributed by atoms with Crippen LogP contribution in [0, 0.1) is 0 Å². The first-order chi connectivity index (χ1) is 11.5. The van der Waals surface area contributed by atoms with Gasteiger partial charge in [0.25, 0.3) is 0 Å². The van der Waals surface area contributed by atoms with Crippen molar-refractivity contribution in [3.8, 4) is 0 Å². The average molecular weight is 371 g/mol. The molecule has 1 aliphatic heterocycles. The molecule has 3 aromatic rings. The molecule has 24 heavy (non-hydrogen) atoms. The van der Waals surface area contributed by atoms with Crippen molar-refractivity contribution in [2.75, 3.05) is 6.61 Å². The minimum absolute atomic E-state index is 0.332. The second-order valence-corrected chi connectivity index (χ2v) is 6.32. The Labute approximate surface area is 145 Å². The number of imidazole rings is 1. The van der Waals surface area contributed by atoms with Crippen LogP contribution in [0.1, 0.15) is 6.23 Å². The van der Waals surface area contributed by atoms with Crippen LogP contribution in [0.5, 0.6) is 0 Å². The largest absolute Gasteiger partial charge is 0.394 e. The van der Waals surface area contributed by atoms with E-state index in [2.05, 4.69) is 15.0 Å². The van der Waals surface area contributed by atoms with Gasteiger partial charge in [-0.05, 0) is 12.1 Å². The third kappa shape index (κ3) is 2.34. The summed E-state index contributed by atoms with van der Waals surface area (Å²) in [4.78, 5) is 13.0. The topological polar surface area (TPSA) is 114 Å². The highest BCUT2D eigenvalue weighted by Crippen LogP contribution is 2.32. The Hall–Kier alpha value is -1.55. The van der Waals surface area contributed by atoms with Crippen LogP contribution in [0.4, 0.5) is 0 Å². The maximum Gasteiger partial charge on any atom is 0.198 e. The van der Waals surface area contributed by atoms with Gasteiger partial charge < -0.3 is 20.1 Å². The van der Waals surface area contributed by atoms with Crippen LogP contribution >= 0.6 is 23.2 Å². The quantitative estimate of drug-likeness (QED) is 0.613. The number of hydrogen-bond acceptors (Lipinski definition) is 7. The Morgan fingerprint density at radius 2 is 1.75 bits per heavy atom. The fourth-order valence-corrected chi connectivity index (χ4v) is 3.08. The maximum absolute atomic E-state index is 10.2. The highest BCUT2D eigenvalue weighted by Gasteiger charge is 2.44. The number of aromatic nitrogens is 4. The zero-order chi connectivity index (χ0) is 17.0. The number of ether oxygens (including phenoxy) is 1. The Morgan fingerprint density at radius 3 is 2.38 bits per heavy atom. The average Bonchev–Trinajstić information content (AvgIpc) is 3.08. The molecular formula is C14H12Cl2N4O4. The number of hydrogen-bond donors (Lipinski definition) is 3. The summed E-state index contributed by atoms with van der Waals surface area (Å²) >= 11 is 12.0. The summed E-state index contributed by atoms with van der Waals surface area (Å²) in [6, 6.07) is 3.18. The Kier molecular flexibility index (Phi) is 3.83. The van der Waals surface area contributed by atoms with Gasteiger partial charge in [0.05, 0.1) is 27.7 Å². The Bertz CT molecular complexity index is 934. The van der Waals surface area contributed by atoms with Gasteiger partial charge in [0.1, 0.15) is 24.6 Å². The third-order valence-electron chi connectivity index (χ3n) is 4.01. The first-order valence-corrected chi connectivity index (χ1v) is 7.87. The van der Waals surface area contributed by atoms with Crippen LogP contribution < -0.4 is 0 Å². The normalized spacial score (nSPS) is 27.4. The van der Waals surface area contributed by atoms with E-state index < -0.39 is 31.1 Å². The molecule has 0 spiro atoms. The van der Waals surface area contributed by atoms with Gasteiger partial charge in [-0.25, -0.2) is 15.0 Å². The molecule has 3 N–H and O–H groups in total. The predicted octanol–water partition coefficient (Wildman–Crippen LogP) is 0.898. The molecule has 1 saturated heterocycles. The van der Waals surface area contributed by atoms with Crippen molar-refractivity contribution in [2.24, 2.45) is 0 Å². The van der Waals surface area contributed by atoms with Crippen molar-refractivity contribution in [2.45, 2.75) is 24.5 Å². The van der Waals surface area contributed by atoms with Crippen molar-refractivity contribution < 1.29 is 20.1 Å². The van der Waals surface area contributed by atoms with E-state index in [-0.39, 0.29) is 0 Å². The highest BCUT2D eigenvalue weighted by atomic mass is 35.5. The summed E-state index contributed by atoms with van der Waals surface area (Å²) in [6.45, 7) is -0.413. The fraction of sp³-hybridized carbons (Fsp3) is 0.357. The number of rotatable bonds is 2. The third-order valence-corrected chi connectivity index (χ3v) is 4.73. The second kappa shape index (κ2) is 5.76. The van der Waals surface area contributed by atoms with E-state index in [1.165, 1.54) is 10.9 Å². The number of benzene rings is 1. The minimum Gasteiger partial charge on any atom is -0.394 e. The summed E-state index contributed by atoms with van der Waals surface area (Å²) in [5, 5.41) is 30.0. The lowest BCUT2D eigenvalue weighted by Crippen LogP contribution is -2.33. The van der Waals surface area contributed by atoms with Gasteiger partial charge in [0.15, 0.2) is 17.5 Å². The number of fused-ring (bicyclic) bond motifs is 2. The molecule has 126 valence electrons. The van der Waals surface area contributed by atoms with Gasteiger partial charge in [-0.1, -0.05) is 23.2 Å². The SMILES string of the molecule is OC[C@H]1OC(n2cnc3nc4cc(Cl)c(Cl)cc4nc32)[C@H](O)[C@@H]1O. The summed E-state index contributed by atoms with van der Waals surface area (Å²) < 4.78 is 6.97. The molecule has 8 nitrogen and oxygen atoms in total. The summed E-state index contributed by atoms with van der Waals surface area (Å²) in [5.41, 5.74) is 1.73. The summed E-state index contributed by atoms with van der Waals surface area (Å²) in [7, 11) is 0. The standard InChI is InChI=1S/C14H12Cl2N4O4/c15-5-1-7-8(2-6(5)16)19-13-12(18-7)17-4-20(13)14-11(23)10(22)9(3-21)24-14/h1-2,4,9-11,14,21-23H,3H2/t9-,10-,11-,14?/m1/s1. The van der Waals surface area contributed by atoms with Crippen molar-refractivity contribution in [3.05, 3.63) is 28.5 Å². The molecule has 0 radical (unpaired) electrons. The molecule has 4 atom stereocenters. The molecule has 2 aromatic heterocycles. The first kappa shape index (κ1) is 15.9. The number of aliphatic hydroxyl groups excluding tert-OH is 3. The lowest BCUT2D eigenvalue weighted by Gasteiger charge is -2.16. The van der Waals surface area contributed by atoms with Crippen molar-refractivity contribution >= 4 is 45.5 Å². The van der Waals surface area contributed by atoms with Crippen molar-refractivity contribution in [3.63, 3.8) is 0 Å². The lowest BCUT2D eigenvalue weighted by molar-refractivity contribution is -0.0511. The summed E-state index contributed by atoms with van der Waals surface area (Å²) in [5.74, 6) is 0. The van der Waals surface area contributed by atoms with Crippen LogP contribution in [0.25, 0.3) is 22.3 Å². The zero-order valence-electron chi connectivity index (χ0n) is 12.0. The van der Waals surface area contributed by atoms with Crippen LogP contribution in [-0.2, 0) is 4.74 Å². The van der Waals surface area contributed by atoms with Gasteiger partial charge >= 0.3 is 0 Å². The molecule has 3 heterocycles. The highest BCUT2D eigenvalue weighted by molar-refractivity contribution is 6.42. The number of nitrogens with zero attached hydrogens (tertiary/aromatic N) is 4. The van der Waals surface area contributed by atoms with Crippen molar-refractivity contribution in [1.82, 2.24) is 19.5 Å². The van der Waals surface area contributed by atoms with Crippen LogP contribution in [-0.4, -0.2) is 59.8 Å². The molecule has 0 amide bonds. The predicted molar refractivity (Wildman–Crippen MR) is 85.9 cm³/mol. The molecule has 1 aromatic carbocycles. The van der Waals surface area contributed by atoms with Gasteiger partial charge in [-0.2, -0.15) is 0 Å². The summed E-state index contributed by atoms with van der Waals surface area (Å²) in [6.07, 6.45) is -2.85. The Balaban J connectivity index is 1.85. The molecule has 0 aliphatic carbocycles. The van der Waals surface area contributed by atoms with Crippen molar-refractivity contribution in [1.29, 1.82) is 0 Å². The van der Waals surface area contributed by atoms with E-state index in [0.29, 0.717) is 32.4 Å². The number of halogens is 2. The minimum atomic E-state index is -1.23. The monoisotopic (exact) mass is 370 g/mol. The van der Waals surface area contributed by atoms with E-state index in [1.807, 2.05) is 0 Å². The molecule has 1 aliphatic rings. The van der Waals surface area contributed by atoms with E-state index in [4.69, 9.17) is 27.9 Å². The van der Waals surface area contributed by atoms with E-state index >= 15 is 0 Å². The number of aliphatic hydroxyl groups is 3. The zero-order valence-corrected chi connectivity index (χ0v) is 13.6. The van der Waals surface area contributed by atoms with Gasteiger partial charge in [-0.3, -0.25) is 4.57 Å². The van der Waals surface area contributed by atoms with E-state index in [9.17, 15) is 15.3 Å². The Morgan fingerprint density at radius 1 is 1.08 bits per heavy atom. The van der Waals surface area contributed by atoms with E-state index in [0.717, 1.165) is 0 Å². The maximum atomic E-state index is 10.2. The van der Waals surface area contributed by atoms with Crippen LogP contribution in [0.15, 0.2) is 18.5 Å². The molecule has 4 rings (SSSR count). The second-order valence-electron chi connectivity index (χ2n) is 5.51. The van der Waals surface area contributed by atoms with Gasteiger partial charge in [0.2, 0.25) is 0 Å². The molecule has 0 saturated carbocycles. The van der Waals surface area contributed by atoms with Crippen LogP contribution in [0.3, 0.4) is 0 Å². The van der Waals surface area contributed by atoms with Gasteiger partial charge in [-0.15, -0.1) is 0 Å². The molecule has 1 unspecified atom stereocenters. The molecule has 0 bridgehead atoms. The molecule has 10 heteroatoms. The smallest absolute Gasteiger partial charge is 0.198 e. The molecular weight excluding hydrogens is 359 g/mol. The van der Waals surface area contributed by atoms with Gasteiger partial charge in [0, 0.05) is 0 Å². The fourth-order valence-electron chi connectivity index (χ4n) is 2.76. The van der Waals surface area contributed by atoms with Crippen LogP contribution in [0.2, 0.25) is 10.0 Å². The first-order valence-electron chi connectivity index (χ1n) is 7.11. The van der Waals surface area contributed by atoms with E-state index in [1.54, 1.807) is 12.1 Å². The lowest BCUT2D eigenvalue weighted by atomic mass is 10.1. The molecule has 1 fully saturated rings.